The first-order chi connectivity index (χ1) is 15.7. The van der Waals surface area contributed by atoms with Crippen molar-refractivity contribution in [3.05, 3.63) is 64.8 Å². The summed E-state index contributed by atoms with van der Waals surface area (Å²) in [4.78, 5) is 21.1. The Morgan fingerprint density at radius 2 is 1.91 bits per heavy atom. The van der Waals surface area contributed by atoms with Crippen molar-refractivity contribution in [2.24, 2.45) is 7.05 Å². The maximum Gasteiger partial charge on any atom is 0.416 e. The molecule has 0 spiro atoms. The highest BCUT2D eigenvalue weighted by atomic mass is 19.4. The molecule has 2 N–H and O–H groups in total. The number of aromatic nitrogens is 6. The van der Waals surface area contributed by atoms with Gasteiger partial charge in [0.15, 0.2) is 5.82 Å². The number of rotatable bonds is 5. The van der Waals surface area contributed by atoms with E-state index >= 15 is 0 Å². The molecule has 1 aromatic carbocycles. The van der Waals surface area contributed by atoms with Gasteiger partial charge in [-0.2, -0.15) is 28.1 Å². The van der Waals surface area contributed by atoms with Crippen molar-refractivity contribution in [3.63, 3.8) is 0 Å². The average Bonchev–Trinajstić information content (AvgIpc) is 3.20. The van der Waals surface area contributed by atoms with Crippen LogP contribution in [0.15, 0.2) is 53.7 Å². The van der Waals surface area contributed by atoms with Crippen molar-refractivity contribution in [1.82, 2.24) is 29.5 Å². The second-order valence-electron chi connectivity index (χ2n) is 7.01. The number of alkyl halides is 3. The van der Waals surface area contributed by atoms with Gasteiger partial charge in [-0.25, -0.2) is 9.97 Å². The number of hydrogen-bond acceptors (Lipinski definition) is 7. The molecule has 0 aliphatic heterocycles. The molecular formula is C21H18F3N7O2. The molecule has 0 unspecified atom stereocenters. The number of ether oxygens (including phenoxy) is 1. The van der Waals surface area contributed by atoms with Gasteiger partial charge in [-0.1, -0.05) is 0 Å². The number of nitrogens with two attached hydrogens (primary N) is 1. The predicted octanol–water partition coefficient (Wildman–Crippen LogP) is 3.09. The van der Waals surface area contributed by atoms with Crippen LogP contribution in [0.2, 0.25) is 0 Å². The molecule has 0 radical (unpaired) electrons. The summed E-state index contributed by atoms with van der Waals surface area (Å²) in [6.45, 7) is 1.79. The van der Waals surface area contributed by atoms with E-state index in [2.05, 4.69) is 20.2 Å². The molecule has 0 amide bonds. The fourth-order valence-corrected chi connectivity index (χ4v) is 3.12. The maximum atomic E-state index is 13.4. The Balaban J connectivity index is 1.85. The van der Waals surface area contributed by atoms with Crippen molar-refractivity contribution < 1.29 is 17.9 Å². The standard InChI is InChI=1S/C21H18F3N7O2/c1-3-33-15-7-13(21(22,23)24)6-14(8-15)31-18(32)5-4-16(29-31)19-20(25)26-10-17(28-19)12-9-27-30(2)11-12/h4-11H,3H2,1-2H3,(H2,25,26). The van der Waals surface area contributed by atoms with Crippen molar-refractivity contribution >= 4 is 5.82 Å². The van der Waals surface area contributed by atoms with Crippen LogP contribution >= 0.6 is 0 Å². The zero-order valence-corrected chi connectivity index (χ0v) is 17.5. The van der Waals surface area contributed by atoms with Crippen LogP contribution in [0.3, 0.4) is 0 Å². The first-order valence-electron chi connectivity index (χ1n) is 9.73. The molecule has 170 valence electrons. The van der Waals surface area contributed by atoms with E-state index in [0.717, 1.165) is 16.8 Å². The molecule has 3 heterocycles. The van der Waals surface area contributed by atoms with Gasteiger partial charge in [0.1, 0.15) is 17.1 Å². The number of nitrogen functional groups attached to an aromatic ring is 1. The zero-order valence-electron chi connectivity index (χ0n) is 17.5. The van der Waals surface area contributed by atoms with Gasteiger partial charge in [0.25, 0.3) is 5.56 Å². The van der Waals surface area contributed by atoms with Gasteiger partial charge in [-0.3, -0.25) is 9.48 Å². The summed E-state index contributed by atoms with van der Waals surface area (Å²) in [5.74, 6) is -0.00121. The second-order valence-corrected chi connectivity index (χ2v) is 7.01. The lowest BCUT2D eigenvalue weighted by molar-refractivity contribution is -0.137. The van der Waals surface area contributed by atoms with Gasteiger partial charge < -0.3 is 10.5 Å². The number of benzene rings is 1. The lowest BCUT2D eigenvalue weighted by atomic mass is 10.1. The molecule has 4 rings (SSSR count). The molecule has 9 nitrogen and oxygen atoms in total. The first-order valence-corrected chi connectivity index (χ1v) is 9.73. The summed E-state index contributed by atoms with van der Waals surface area (Å²) in [6.07, 6.45) is 0.149. The Morgan fingerprint density at radius 3 is 2.58 bits per heavy atom. The Kier molecular flexibility index (Phi) is 5.58. The fourth-order valence-electron chi connectivity index (χ4n) is 3.12. The normalized spacial score (nSPS) is 11.5. The molecule has 0 aliphatic rings. The van der Waals surface area contributed by atoms with E-state index in [0.29, 0.717) is 11.3 Å². The number of halogens is 3. The van der Waals surface area contributed by atoms with E-state index in [9.17, 15) is 18.0 Å². The molecule has 12 heteroatoms. The van der Waals surface area contributed by atoms with Crippen LogP contribution in [0.4, 0.5) is 19.0 Å². The fraction of sp³-hybridized carbons (Fsp3) is 0.190. The third-order valence-electron chi connectivity index (χ3n) is 4.62. The minimum absolute atomic E-state index is 0.0411. The highest BCUT2D eigenvalue weighted by Crippen LogP contribution is 2.33. The van der Waals surface area contributed by atoms with Crippen molar-refractivity contribution in [2.75, 3.05) is 12.3 Å². The summed E-state index contributed by atoms with van der Waals surface area (Å²) < 4.78 is 47.9. The van der Waals surface area contributed by atoms with Crippen LogP contribution < -0.4 is 16.0 Å². The summed E-state index contributed by atoms with van der Waals surface area (Å²) >= 11 is 0. The van der Waals surface area contributed by atoms with E-state index in [-0.39, 0.29) is 35.2 Å². The monoisotopic (exact) mass is 457 g/mol. The highest BCUT2D eigenvalue weighted by molar-refractivity contribution is 5.70. The Morgan fingerprint density at radius 1 is 1.12 bits per heavy atom. The van der Waals surface area contributed by atoms with Gasteiger partial charge in [0.05, 0.1) is 35.9 Å². The summed E-state index contributed by atoms with van der Waals surface area (Å²) in [5, 5.41) is 8.30. The minimum Gasteiger partial charge on any atom is -0.494 e. The smallest absolute Gasteiger partial charge is 0.416 e. The van der Waals surface area contributed by atoms with Crippen molar-refractivity contribution in [2.45, 2.75) is 13.1 Å². The number of nitrogens with zero attached hydrogens (tertiary/aromatic N) is 6. The Hall–Kier alpha value is -4.22. The molecule has 0 aliphatic carbocycles. The lowest BCUT2D eigenvalue weighted by Gasteiger charge is -2.14. The average molecular weight is 457 g/mol. The molecule has 0 saturated carbocycles. The highest BCUT2D eigenvalue weighted by Gasteiger charge is 2.32. The Labute approximate surface area is 185 Å². The molecule has 3 aromatic heterocycles. The quantitative estimate of drug-likeness (QED) is 0.490. The first kappa shape index (κ1) is 22.0. The van der Waals surface area contributed by atoms with Crippen LogP contribution in [0, 0.1) is 0 Å². The van der Waals surface area contributed by atoms with Gasteiger partial charge in [-0.15, -0.1) is 0 Å². The molecule has 33 heavy (non-hydrogen) atoms. The lowest BCUT2D eigenvalue weighted by Crippen LogP contribution is -2.21. The third-order valence-corrected chi connectivity index (χ3v) is 4.62. The topological polar surface area (TPSA) is 114 Å². The third kappa shape index (κ3) is 4.54. The van der Waals surface area contributed by atoms with Gasteiger partial charge in [0, 0.05) is 30.9 Å². The summed E-state index contributed by atoms with van der Waals surface area (Å²) in [7, 11) is 1.75. The maximum absolute atomic E-state index is 13.4. The molecule has 4 aromatic rings. The van der Waals surface area contributed by atoms with Gasteiger partial charge >= 0.3 is 6.18 Å². The Bertz CT molecular complexity index is 1380. The molecule has 0 bridgehead atoms. The van der Waals surface area contributed by atoms with Crippen LogP contribution in [0.25, 0.3) is 28.3 Å². The van der Waals surface area contributed by atoms with Crippen LogP contribution in [-0.2, 0) is 13.2 Å². The molecular weight excluding hydrogens is 439 g/mol. The van der Waals surface area contributed by atoms with Gasteiger partial charge in [-0.05, 0) is 25.1 Å². The van der Waals surface area contributed by atoms with E-state index in [4.69, 9.17) is 10.5 Å². The van der Waals surface area contributed by atoms with E-state index in [1.54, 1.807) is 31.0 Å². The van der Waals surface area contributed by atoms with E-state index in [1.807, 2.05) is 0 Å². The van der Waals surface area contributed by atoms with E-state index in [1.165, 1.54) is 24.4 Å². The molecule has 0 fully saturated rings. The van der Waals surface area contributed by atoms with E-state index < -0.39 is 17.3 Å². The SMILES string of the molecule is CCOc1cc(-n2nc(-c3nc(-c4cnn(C)c4)cnc3N)ccc2=O)cc(C(F)(F)F)c1. The van der Waals surface area contributed by atoms with Crippen LogP contribution in [-0.4, -0.2) is 36.1 Å². The van der Waals surface area contributed by atoms with Crippen molar-refractivity contribution in [1.29, 1.82) is 0 Å². The predicted molar refractivity (Wildman–Crippen MR) is 114 cm³/mol. The summed E-state index contributed by atoms with van der Waals surface area (Å²) in [6, 6.07) is 5.53. The minimum atomic E-state index is -4.64. The summed E-state index contributed by atoms with van der Waals surface area (Å²) in [5.41, 5.74) is 5.72. The number of aryl methyl sites for hydroxylation is 1. The van der Waals surface area contributed by atoms with Crippen LogP contribution in [0.1, 0.15) is 12.5 Å². The number of anilines is 1. The zero-order chi connectivity index (χ0) is 23.8. The van der Waals surface area contributed by atoms with Crippen LogP contribution in [0.5, 0.6) is 5.75 Å². The largest absolute Gasteiger partial charge is 0.494 e. The number of hydrogen-bond donors (Lipinski definition) is 1. The molecule has 0 saturated heterocycles. The molecule has 0 atom stereocenters. The van der Waals surface area contributed by atoms with Gasteiger partial charge in [0.2, 0.25) is 0 Å². The second kappa shape index (κ2) is 8.37. The van der Waals surface area contributed by atoms with Crippen molar-refractivity contribution in [3.8, 4) is 34.1 Å².